The van der Waals surface area contributed by atoms with E-state index in [2.05, 4.69) is 11.7 Å². The second-order valence-corrected chi connectivity index (χ2v) is 2.11. The molecule has 7 N–H and O–H groups in total. The molecule has 10 heavy (non-hydrogen) atoms. The minimum absolute atomic E-state index is 0.0208. The van der Waals surface area contributed by atoms with Crippen LogP contribution in [-0.4, -0.2) is 17.1 Å². The molecule has 0 aromatic carbocycles. The summed E-state index contributed by atoms with van der Waals surface area (Å²) in [5.74, 6) is 7.09. The van der Waals surface area contributed by atoms with Crippen LogP contribution in [0.4, 0.5) is 0 Å². The van der Waals surface area contributed by atoms with Gasteiger partial charge in [0.25, 0.3) is 0 Å². The molecule has 0 radical (unpaired) electrons. The predicted molar refractivity (Wildman–Crippen MR) is 38.8 cm³/mol. The van der Waals surface area contributed by atoms with Gasteiger partial charge in [0.05, 0.1) is 0 Å². The van der Waals surface area contributed by atoms with Crippen LogP contribution in [-0.2, 0) is 4.79 Å². The predicted octanol–water partition coefficient (Wildman–Crippen LogP) is -1.13. The maximum atomic E-state index is 10.0. The van der Waals surface area contributed by atoms with Crippen LogP contribution in [0.25, 0.3) is 0 Å². The fourth-order valence-electron chi connectivity index (χ4n) is 0.285. The van der Waals surface area contributed by atoms with Gasteiger partial charge in [-0.05, 0) is 5.92 Å². The van der Waals surface area contributed by atoms with E-state index in [1.54, 1.807) is 13.8 Å². The third kappa shape index (κ3) is 5.49. The van der Waals surface area contributed by atoms with Crippen molar-refractivity contribution >= 4 is 5.97 Å². The first-order valence-corrected chi connectivity index (χ1v) is 2.87. The first kappa shape index (κ1) is 12.1. The smallest absolute Gasteiger partial charge is 0.320 e. The Balaban J connectivity index is 0. The fraction of sp³-hybridized carbons (Fsp3) is 0.800. The van der Waals surface area contributed by atoms with E-state index in [0.29, 0.717) is 0 Å². The van der Waals surface area contributed by atoms with Crippen molar-refractivity contribution in [3.05, 3.63) is 0 Å². The van der Waals surface area contributed by atoms with E-state index in [1.807, 2.05) is 0 Å². The largest absolute Gasteiger partial charge is 0.480 e. The van der Waals surface area contributed by atoms with Gasteiger partial charge >= 0.3 is 5.97 Å². The molecular weight excluding hydrogens is 134 g/mol. The summed E-state index contributed by atoms with van der Waals surface area (Å²) in [6.45, 7) is 3.55. The first-order chi connectivity index (χ1) is 4.55. The molecule has 0 aromatic heterocycles. The number of rotatable bonds is 2. The summed E-state index contributed by atoms with van der Waals surface area (Å²) in [7, 11) is 0. The Morgan fingerprint density at radius 2 is 1.70 bits per heavy atom. The lowest BCUT2D eigenvalue weighted by Gasteiger charge is -2.07. The number of nitrogens with two attached hydrogens (primary N) is 3. The molecule has 0 aliphatic carbocycles. The van der Waals surface area contributed by atoms with Crippen LogP contribution in [0.3, 0.4) is 0 Å². The lowest BCUT2D eigenvalue weighted by molar-refractivity contribution is -0.139. The topological polar surface area (TPSA) is 115 Å². The van der Waals surface area contributed by atoms with E-state index in [4.69, 9.17) is 10.8 Å². The van der Waals surface area contributed by atoms with Crippen LogP contribution in [0.15, 0.2) is 0 Å². The number of aliphatic carboxylic acids is 1. The van der Waals surface area contributed by atoms with Crippen LogP contribution in [0.2, 0.25) is 0 Å². The molecule has 62 valence electrons. The van der Waals surface area contributed by atoms with Crippen LogP contribution in [0, 0.1) is 5.92 Å². The van der Waals surface area contributed by atoms with Gasteiger partial charge < -0.3 is 10.8 Å². The molecule has 0 amide bonds. The molecule has 5 heteroatoms. The molecule has 0 saturated carbocycles. The highest BCUT2D eigenvalue weighted by Gasteiger charge is 2.14. The Kier molecular flexibility index (Phi) is 7.81. The van der Waals surface area contributed by atoms with E-state index < -0.39 is 12.0 Å². The number of hydrogen-bond acceptors (Lipinski definition) is 4. The van der Waals surface area contributed by atoms with Crippen LogP contribution < -0.4 is 17.4 Å². The summed E-state index contributed by atoms with van der Waals surface area (Å²) < 4.78 is 0. The molecule has 0 bridgehead atoms. The number of hydrogen-bond donors (Lipinski definition) is 4. The summed E-state index contributed by atoms with van der Waals surface area (Å²) in [5, 5.41) is 8.23. The van der Waals surface area contributed by atoms with Gasteiger partial charge in [0.1, 0.15) is 6.04 Å². The van der Waals surface area contributed by atoms with E-state index >= 15 is 0 Å². The molecule has 0 saturated heterocycles. The second kappa shape index (κ2) is 6.47. The maximum absolute atomic E-state index is 10.0. The van der Waals surface area contributed by atoms with Gasteiger partial charge in [-0.15, -0.1) is 0 Å². The van der Waals surface area contributed by atoms with E-state index in [0.717, 1.165) is 0 Å². The number of carboxylic acids is 1. The molecule has 0 rings (SSSR count). The zero-order valence-electron chi connectivity index (χ0n) is 6.24. The van der Waals surface area contributed by atoms with Crippen molar-refractivity contribution < 1.29 is 9.90 Å². The Morgan fingerprint density at radius 1 is 1.40 bits per heavy atom. The van der Waals surface area contributed by atoms with Crippen molar-refractivity contribution in [2.24, 2.45) is 23.3 Å². The van der Waals surface area contributed by atoms with Gasteiger partial charge in [-0.25, -0.2) is 0 Å². The molecule has 0 heterocycles. The van der Waals surface area contributed by atoms with Crippen molar-refractivity contribution in [2.45, 2.75) is 19.9 Å². The van der Waals surface area contributed by atoms with Crippen molar-refractivity contribution in [2.75, 3.05) is 0 Å². The normalized spacial score (nSPS) is 11.8. The highest BCUT2D eigenvalue weighted by atomic mass is 16.4. The monoisotopic (exact) mass is 149 g/mol. The van der Waals surface area contributed by atoms with Gasteiger partial charge in [0.2, 0.25) is 0 Å². The zero-order valence-corrected chi connectivity index (χ0v) is 6.24. The van der Waals surface area contributed by atoms with E-state index in [9.17, 15) is 4.79 Å². The van der Waals surface area contributed by atoms with Crippen molar-refractivity contribution in [3.8, 4) is 0 Å². The summed E-state index contributed by atoms with van der Waals surface area (Å²) in [6.07, 6.45) is 0. The zero-order chi connectivity index (χ0) is 8.73. The Morgan fingerprint density at radius 3 is 1.70 bits per heavy atom. The standard InChI is InChI=1S/C5H11NO2.H4N2/c1-3(2)4(6)5(7)8;1-2/h3-4H,6H2,1-2H3,(H,7,8);1-2H2. The van der Waals surface area contributed by atoms with Gasteiger partial charge in [0, 0.05) is 0 Å². The third-order valence-corrected chi connectivity index (χ3v) is 1.00. The van der Waals surface area contributed by atoms with E-state index in [-0.39, 0.29) is 5.92 Å². The molecule has 0 fully saturated rings. The minimum atomic E-state index is -0.931. The number of hydrazine groups is 1. The summed E-state index contributed by atoms with van der Waals surface area (Å²) >= 11 is 0. The maximum Gasteiger partial charge on any atom is 0.320 e. The minimum Gasteiger partial charge on any atom is -0.480 e. The quantitative estimate of drug-likeness (QED) is 0.293. The first-order valence-electron chi connectivity index (χ1n) is 2.87. The third-order valence-electron chi connectivity index (χ3n) is 1.00. The molecule has 0 aliphatic heterocycles. The summed E-state index contributed by atoms with van der Waals surface area (Å²) in [5.41, 5.74) is 5.16. The Labute approximate surface area is 60.2 Å². The Hall–Kier alpha value is -0.650. The average Bonchev–Trinajstić information content (AvgIpc) is 1.90. The molecule has 0 aliphatic rings. The average molecular weight is 149 g/mol. The lowest BCUT2D eigenvalue weighted by Crippen LogP contribution is -2.34. The molecule has 5 nitrogen and oxygen atoms in total. The van der Waals surface area contributed by atoms with Gasteiger partial charge in [0.15, 0.2) is 0 Å². The Bertz CT molecular complexity index is 94.9. The molecule has 1 unspecified atom stereocenters. The van der Waals surface area contributed by atoms with Crippen molar-refractivity contribution in [1.82, 2.24) is 0 Å². The summed E-state index contributed by atoms with van der Waals surface area (Å²) in [4.78, 5) is 10.0. The van der Waals surface area contributed by atoms with E-state index in [1.165, 1.54) is 0 Å². The molecule has 0 spiro atoms. The van der Waals surface area contributed by atoms with Crippen LogP contribution in [0.5, 0.6) is 0 Å². The number of carbonyl (C=O) groups is 1. The highest BCUT2D eigenvalue weighted by Crippen LogP contribution is 1.96. The van der Waals surface area contributed by atoms with Crippen LogP contribution >= 0.6 is 0 Å². The van der Waals surface area contributed by atoms with Gasteiger partial charge in [-0.2, -0.15) is 0 Å². The van der Waals surface area contributed by atoms with Crippen molar-refractivity contribution in [3.63, 3.8) is 0 Å². The van der Waals surface area contributed by atoms with Crippen LogP contribution in [0.1, 0.15) is 13.8 Å². The second-order valence-electron chi connectivity index (χ2n) is 2.11. The highest BCUT2D eigenvalue weighted by molar-refractivity contribution is 5.73. The lowest BCUT2D eigenvalue weighted by atomic mass is 10.1. The van der Waals surface area contributed by atoms with Gasteiger partial charge in [-0.1, -0.05) is 13.8 Å². The molecule has 0 aromatic rings. The fourth-order valence-corrected chi connectivity index (χ4v) is 0.285. The SMILES string of the molecule is CC(C)C(N)C(=O)O.NN. The number of carboxylic acid groups (broad SMARTS) is 1. The van der Waals surface area contributed by atoms with Crippen molar-refractivity contribution in [1.29, 1.82) is 0 Å². The molecular formula is C5H15N3O2. The molecule has 1 atom stereocenters. The van der Waals surface area contributed by atoms with Gasteiger partial charge in [-0.3, -0.25) is 16.5 Å². The summed E-state index contributed by atoms with van der Waals surface area (Å²) in [6, 6.07) is -0.713.